The monoisotopic (exact) mass is 1240 g/mol. The van der Waals surface area contributed by atoms with Gasteiger partial charge in [-0.1, -0.05) is 84.4 Å². The Kier molecular flexibility index (Phi) is 16.9. The first-order valence-electron chi connectivity index (χ1n) is 29.1. The van der Waals surface area contributed by atoms with Gasteiger partial charge in [0, 0.05) is 118 Å². The summed E-state index contributed by atoms with van der Waals surface area (Å²) in [4.78, 5) is 45.6. The fraction of sp³-hybridized carbons (Fsp3) is 0.328. The van der Waals surface area contributed by atoms with Crippen LogP contribution in [0.4, 0.5) is 17.6 Å². The van der Waals surface area contributed by atoms with Gasteiger partial charge in [0.2, 0.25) is 5.91 Å². The van der Waals surface area contributed by atoms with E-state index in [-0.39, 0.29) is 45.5 Å². The van der Waals surface area contributed by atoms with E-state index in [9.17, 15) is 31.9 Å². The topological polar surface area (TPSA) is 176 Å². The van der Waals surface area contributed by atoms with E-state index < -0.39 is 6.36 Å². The van der Waals surface area contributed by atoms with E-state index in [1.807, 2.05) is 76.5 Å². The summed E-state index contributed by atoms with van der Waals surface area (Å²) in [5.41, 5.74) is 24.7. The first kappa shape index (κ1) is 59.8. The average Bonchev–Trinajstić information content (AvgIpc) is 1.79. The fourth-order valence-electron chi connectivity index (χ4n) is 13.0. The molecule has 3 spiro atoms. The lowest BCUT2D eigenvalue weighted by Crippen LogP contribution is -2.46. The molecule has 6 N–H and O–H groups in total. The van der Waals surface area contributed by atoms with Gasteiger partial charge in [-0.05, 0) is 121 Å². The van der Waals surface area contributed by atoms with Gasteiger partial charge in [0.1, 0.15) is 33.7 Å². The predicted octanol–water partition coefficient (Wildman–Crippen LogP) is 12.7. The maximum atomic E-state index is 14.0. The lowest BCUT2D eigenvalue weighted by atomic mass is 9.74. The Bertz CT molecular complexity index is 3930. The third-order valence-electron chi connectivity index (χ3n) is 18.1. The van der Waals surface area contributed by atoms with Crippen molar-refractivity contribution in [1.29, 1.82) is 0 Å². The summed E-state index contributed by atoms with van der Waals surface area (Å²) in [6.07, 6.45) is 3.19. The second-order valence-corrected chi connectivity index (χ2v) is 25.7. The van der Waals surface area contributed by atoms with Gasteiger partial charge in [0.15, 0.2) is 0 Å². The zero-order valence-corrected chi connectivity index (χ0v) is 50.0. The van der Waals surface area contributed by atoms with Crippen LogP contribution in [0.5, 0.6) is 23.0 Å². The first-order valence-corrected chi connectivity index (χ1v) is 31.2. The molecule has 8 heterocycles. The number of carbonyl (C=O) groups excluding carboxylic acids is 3. The van der Waals surface area contributed by atoms with Crippen molar-refractivity contribution in [2.45, 2.75) is 80.8 Å². The molecule has 0 aliphatic carbocycles. The van der Waals surface area contributed by atoms with Crippen LogP contribution in [0.15, 0.2) is 133 Å². The summed E-state index contributed by atoms with van der Waals surface area (Å²) in [7, 11) is 0. The van der Waals surface area contributed by atoms with Crippen molar-refractivity contribution in [1.82, 2.24) is 14.7 Å². The Morgan fingerprint density at radius 1 is 0.563 bits per heavy atom. The molecular formula is C67H65ClF4N6O7S2. The van der Waals surface area contributed by atoms with E-state index in [1.165, 1.54) is 75.8 Å². The van der Waals surface area contributed by atoms with Crippen molar-refractivity contribution >= 4 is 78.2 Å². The molecule has 0 saturated carbocycles. The molecule has 20 heteroatoms. The van der Waals surface area contributed by atoms with Gasteiger partial charge in [-0.3, -0.25) is 14.4 Å². The van der Waals surface area contributed by atoms with Crippen LogP contribution >= 0.6 is 34.3 Å². The van der Waals surface area contributed by atoms with Crippen molar-refractivity contribution < 1.29 is 50.9 Å². The number of thiophene rings is 2. The van der Waals surface area contributed by atoms with Gasteiger partial charge in [-0.2, -0.15) is 0 Å². The average molecular weight is 1240 g/mol. The number of alkyl halides is 3. The number of hydrogen-bond acceptors (Lipinski definition) is 12. The maximum absolute atomic E-state index is 14.0. The van der Waals surface area contributed by atoms with Gasteiger partial charge in [-0.25, -0.2) is 4.39 Å². The zero-order valence-electron chi connectivity index (χ0n) is 47.6. The standard InChI is InChI=1S/C23H23F3N2O3.C22H21ClN2O2S.C22H21FN2O2S/c24-23(25,26)31-18-3-1-2-16(12-18)5-7-21(29)28-10-8-22(9-11-28)15-30-20-6-4-17(14-27)13-19(20)22;23-19-15-3-1-2-4-18(15)28-20(19)21(26)25-9-7-22(8-10-25)13-27-17-6-5-14(12-24)11-16(17)22;23-17-2-1-3-19-15(17)11-20(28-19)21(26)25-8-6-22(7-9-25)13-27-18-5-4-14(12-24)10-16(18)22/h1-7,12-13H,8-11,14-15,27H2;1-6,11H,7-10,12-13,24H2;1-5,10-11H,6-9,12-13,24H2/b7-5+;;. The summed E-state index contributed by atoms with van der Waals surface area (Å²) in [6.45, 7) is 7.36. The highest BCUT2D eigenvalue weighted by atomic mass is 35.5. The number of rotatable bonds is 8. The third-order valence-corrected chi connectivity index (χ3v) is 20.8. The van der Waals surface area contributed by atoms with Crippen LogP contribution in [0.25, 0.3) is 26.2 Å². The second kappa shape index (κ2) is 24.6. The molecule has 0 radical (unpaired) electrons. The van der Waals surface area contributed by atoms with Crippen molar-refractivity contribution in [2.75, 3.05) is 59.1 Å². The molecule has 0 bridgehead atoms. The number of carbonyl (C=O) groups is 3. The van der Waals surface area contributed by atoms with Crippen LogP contribution in [0, 0.1) is 5.82 Å². The van der Waals surface area contributed by atoms with Crippen molar-refractivity contribution in [3.05, 3.63) is 193 Å². The molecule has 6 aromatic carbocycles. The van der Waals surface area contributed by atoms with Gasteiger partial charge in [0.25, 0.3) is 11.8 Å². The smallest absolute Gasteiger partial charge is 0.492 e. The molecule has 13 nitrogen and oxygen atoms in total. The Balaban J connectivity index is 0.000000128. The Morgan fingerprint density at radius 2 is 1.03 bits per heavy atom. The molecule has 14 rings (SSSR count). The minimum absolute atomic E-state index is 0.00898. The van der Waals surface area contributed by atoms with Crippen LogP contribution in [0.2, 0.25) is 5.02 Å². The van der Waals surface area contributed by atoms with Crippen LogP contribution in [0.3, 0.4) is 0 Å². The second-order valence-electron chi connectivity index (χ2n) is 23.2. The molecule has 8 aromatic rings. The van der Waals surface area contributed by atoms with E-state index in [0.717, 1.165) is 87.2 Å². The summed E-state index contributed by atoms with van der Waals surface area (Å²) >= 11 is 9.37. The fourth-order valence-corrected chi connectivity index (χ4v) is 15.5. The summed E-state index contributed by atoms with van der Waals surface area (Å²) in [5.74, 6) is 2.05. The molecule has 0 atom stereocenters. The first-order chi connectivity index (χ1) is 42.0. The quantitative estimate of drug-likeness (QED) is 0.0980. The lowest BCUT2D eigenvalue weighted by Gasteiger charge is -2.38. The highest BCUT2D eigenvalue weighted by Crippen LogP contribution is 2.49. The Labute approximate surface area is 514 Å². The van der Waals surface area contributed by atoms with Crippen molar-refractivity contribution in [3.63, 3.8) is 0 Å². The molecule has 6 aliphatic rings. The van der Waals surface area contributed by atoms with Crippen LogP contribution in [0.1, 0.15) is 96.8 Å². The van der Waals surface area contributed by atoms with E-state index >= 15 is 0 Å². The van der Waals surface area contributed by atoms with Crippen LogP contribution in [-0.2, 0) is 40.7 Å². The molecule has 3 amide bonds. The maximum Gasteiger partial charge on any atom is 0.573 e. The van der Waals surface area contributed by atoms with Crippen LogP contribution < -0.4 is 36.1 Å². The number of fused-ring (bicyclic) bond motifs is 8. The van der Waals surface area contributed by atoms with Gasteiger partial charge in [-0.15, -0.1) is 35.8 Å². The van der Waals surface area contributed by atoms with Crippen molar-refractivity contribution in [3.8, 4) is 23.0 Å². The van der Waals surface area contributed by atoms with Crippen molar-refractivity contribution in [2.24, 2.45) is 17.2 Å². The molecule has 6 aliphatic heterocycles. The highest BCUT2D eigenvalue weighted by molar-refractivity contribution is 7.21. The molecule has 452 valence electrons. The Morgan fingerprint density at radius 3 is 1.53 bits per heavy atom. The summed E-state index contributed by atoms with van der Waals surface area (Å²) < 4.78 is 74.7. The SMILES string of the molecule is NCc1ccc2c(c1)C1(CCN(C(=O)/C=C/c3cccc(OC(F)(F)F)c3)CC1)CO2.NCc1ccc2c(c1)C1(CCN(C(=O)c3cc4c(F)cccc4s3)CC1)CO2.NCc1ccc2c(c1)C1(CCN(C(=O)c3sc4ccccc4c3Cl)CC1)CO2. The third kappa shape index (κ3) is 12.1. The minimum Gasteiger partial charge on any atom is -0.492 e. The van der Waals surface area contributed by atoms with Gasteiger partial charge in [0.05, 0.1) is 29.7 Å². The number of ether oxygens (including phenoxy) is 4. The van der Waals surface area contributed by atoms with Gasteiger partial charge < -0.3 is 50.8 Å². The number of nitrogens with two attached hydrogens (primary N) is 3. The summed E-state index contributed by atoms with van der Waals surface area (Å²) in [6, 6.07) is 38.5. The number of benzene rings is 6. The number of piperidine rings is 3. The summed E-state index contributed by atoms with van der Waals surface area (Å²) in [5, 5.41) is 2.06. The molecule has 3 saturated heterocycles. The van der Waals surface area contributed by atoms with Crippen LogP contribution in [-0.4, -0.2) is 97.9 Å². The zero-order chi connectivity index (χ0) is 60.7. The number of amides is 3. The highest BCUT2D eigenvalue weighted by Gasteiger charge is 2.47. The number of halogens is 5. The lowest BCUT2D eigenvalue weighted by molar-refractivity contribution is -0.274. The van der Waals surface area contributed by atoms with E-state index in [1.54, 1.807) is 23.1 Å². The van der Waals surface area contributed by atoms with E-state index in [4.69, 9.17) is 43.0 Å². The number of hydrogen-bond donors (Lipinski definition) is 3. The number of nitrogens with zero attached hydrogens (tertiary/aromatic N) is 3. The number of likely N-dealkylation sites (tertiary alicyclic amines) is 3. The molecule has 87 heavy (non-hydrogen) atoms. The van der Waals surface area contributed by atoms with E-state index in [2.05, 4.69) is 22.9 Å². The molecule has 2 aromatic heterocycles. The van der Waals surface area contributed by atoms with Gasteiger partial charge >= 0.3 is 6.36 Å². The predicted molar refractivity (Wildman–Crippen MR) is 331 cm³/mol. The Hall–Kier alpha value is -7.52. The normalized spacial score (nSPS) is 17.7. The largest absolute Gasteiger partial charge is 0.573 e. The molecular weight excluding hydrogens is 1180 g/mol. The molecule has 0 unspecified atom stereocenters. The van der Waals surface area contributed by atoms with E-state index in [0.29, 0.717) is 104 Å². The molecule has 3 fully saturated rings. The minimum atomic E-state index is -4.75.